The number of Topliss-reactive ketones (excluding diaryl/α,β-unsaturated/α-hetero) is 1. The number of rotatable bonds is 6. The van der Waals surface area contributed by atoms with Crippen LogP contribution in [0, 0.1) is 0 Å². The highest BCUT2D eigenvalue weighted by Crippen LogP contribution is 2.11. The first-order valence-electron chi connectivity index (χ1n) is 7.18. The lowest BCUT2D eigenvalue weighted by molar-refractivity contribution is -0.140. The van der Waals surface area contributed by atoms with E-state index in [1.54, 1.807) is 0 Å². The van der Waals surface area contributed by atoms with Gasteiger partial charge < -0.3 is 9.47 Å². The minimum atomic E-state index is -0.354. The fourth-order valence-electron chi connectivity index (χ4n) is 2.28. The van der Waals surface area contributed by atoms with Crippen molar-refractivity contribution in [3.63, 3.8) is 0 Å². The van der Waals surface area contributed by atoms with E-state index in [9.17, 15) is 9.59 Å². The van der Waals surface area contributed by atoms with Crippen molar-refractivity contribution in [1.29, 1.82) is 0 Å². The summed E-state index contributed by atoms with van der Waals surface area (Å²) in [6.45, 7) is 4.33. The molecule has 0 saturated carbocycles. The monoisotopic (exact) mass is 291 g/mol. The van der Waals surface area contributed by atoms with E-state index in [4.69, 9.17) is 4.74 Å². The van der Waals surface area contributed by atoms with Crippen LogP contribution < -0.4 is 0 Å². The van der Waals surface area contributed by atoms with Gasteiger partial charge in [0.05, 0.1) is 26.7 Å². The Kier molecular flexibility index (Phi) is 5.90. The minimum Gasteiger partial charge on any atom is -0.469 e. The summed E-state index contributed by atoms with van der Waals surface area (Å²) in [6.07, 6.45) is 0.320. The van der Waals surface area contributed by atoms with Gasteiger partial charge in [-0.15, -0.1) is 0 Å². The number of morpholine rings is 1. The lowest BCUT2D eigenvalue weighted by atomic mass is 10.0. The van der Waals surface area contributed by atoms with E-state index in [0.717, 1.165) is 32.8 Å². The van der Waals surface area contributed by atoms with Crippen LogP contribution in [0.3, 0.4) is 0 Å². The Morgan fingerprint density at radius 1 is 1.14 bits per heavy atom. The first-order valence-corrected chi connectivity index (χ1v) is 7.18. The number of methoxy groups -OCH3 is 1. The van der Waals surface area contributed by atoms with Crippen LogP contribution in [0.25, 0.3) is 0 Å². The molecule has 1 aliphatic heterocycles. The van der Waals surface area contributed by atoms with Crippen molar-refractivity contribution in [2.75, 3.05) is 33.4 Å². The number of ether oxygens (including phenoxy) is 2. The highest BCUT2D eigenvalue weighted by atomic mass is 16.5. The standard InChI is InChI=1S/C16H21NO4/c1-20-16(19)7-6-15(18)14-4-2-13(3-5-14)12-17-8-10-21-11-9-17/h2-5H,6-12H2,1H3. The smallest absolute Gasteiger partial charge is 0.305 e. The van der Waals surface area contributed by atoms with Gasteiger partial charge in [0, 0.05) is 31.6 Å². The van der Waals surface area contributed by atoms with E-state index in [2.05, 4.69) is 9.64 Å². The maximum Gasteiger partial charge on any atom is 0.305 e. The fourth-order valence-corrected chi connectivity index (χ4v) is 2.28. The average Bonchev–Trinajstić information content (AvgIpc) is 2.54. The summed E-state index contributed by atoms with van der Waals surface area (Å²) in [7, 11) is 1.33. The fraction of sp³-hybridized carbons (Fsp3) is 0.500. The molecule has 0 unspecified atom stereocenters. The molecule has 1 aliphatic rings. The summed E-state index contributed by atoms with van der Waals surface area (Å²) < 4.78 is 9.85. The second-order valence-electron chi connectivity index (χ2n) is 5.08. The summed E-state index contributed by atoms with van der Waals surface area (Å²) >= 11 is 0. The van der Waals surface area contributed by atoms with E-state index in [1.165, 1.54) is 12.7 Å². The maximum atomic E-state index is 11.9. The van der Waals surface area contributed by atoms with E-state index in [-0.39, 0.29) is 24.6 Å². The third kappa shape index (κ3) is 4.95. The Balaban J connectivity index is 1.85. The molecule has 0 atom stereocenters. The number of carbonyl (C=O) groups excluding carboxylic acids is 2. The molecule has 114 valence electrons. The van der Waals surface area contributed by atoms with Gasteiger partial charge in [0.15, 0.2) is 5.78 Å². The lowest BCUT2D eigenvalue weighted by Crippen LogP contribution is -2.35. The first-order chi connectivity index (χ1) is 10.2. The zero-order chi connectivity index (χ0) is 15.1. The zero-order valence-corrected chi connectivity index (χ0v) is 12.3. The largest absolute Gasteiger partial charge is 0.469 e. The van der Waals surface area contributed by atoms with Crippen molar-refractivity contribution in [1.82, 2.24) is 4.90 Å². The molecule has 1 saturated heterocycles. The minimum absolute atomic E-state index is 0.0293. The van der Waals surface area contributed by atoms with Gasteiger partial charge in [-0.25, -0.2) is 0 Å². The molecule has 1 aromatic carbocycles. The molecule has 0 spiro atoms. The van der Waals surface area contributed by atoms with Crippen molar-refractivity contribution in [2.45, 2.75) is 19.4 Å². The Morgan fingerprint density at radius 3 is 2.43 bits per heavy atom. The van der Waals surface area contributed by atoms with Crippen LogP contribution in [0.2, 0.25) is 0 Å². The molecule has 0 amide bonds. The second kappa shape index (κ2) is 7.90. The number of ketones is 1. The number of hydrogen-bond acceptors (Lipinski definition) is 5. The van der Waals surface area contributed by atoms with E-state index < -0.39 is 0 Å². The van der Waals surface area contributed by atoms with Gasteiger partial charge in [-0.05, 0) is 5.56 Å². The third-order valence-electron chi connectivity index (χ3n) is 3.57. The first kappa shape index (κ1) is 15.7. The van der Waals surface area contributed by atoms with Crippen molar-refractivity contribution < 1.29 is 19.1 Å². The predicted molar refractivity (Wildman–Crippen MR) is 78.1 cm³/mol. The second-order valence-corrected chi connectivity index (χ2v) is 5.08. The number of benzene rings is 1. The normalized spacial score (nSPS) is 15.7. The Labute approximate surface area is 124 Å². The molecule has 0 bridgehead atoms. The predicted octanol–water partition coefficient (Wildman–Crippen LogP) is 1.65. The molecular weight excluding hydrogens is 270 g/mol. The summed E-state index contributed by atoms with van der Waals surface area (Å²) in [6, 6.07) is 7.60. The number of esters is 1. The van der Waals surface area contributed by atoms with Gasteiger partial charge in [-0.1, -0.05) is 24.3 Å². The van der Waals surface area contributed by atoms with Crippen molar-refractivity contribution >= 4 is 11.8 Å². The van der Waals surface area contributed by atoms with Crippen LogP contribution in [0.15, 0.2) is 24.3 Å². The summed E-state index contributed by atoms with van der Waals surface area (Å²) in [4.78, 5) is 25.3. The van der Waals surface area contributed by atoms with Gasteiger partial charge >= 0.3 is 5.97 Å². The SMILES string of the molecule is COC(=O)CCC(=O)c1ccc(CN2CCOCC2)cc1. The van der Waals surface area contributed by atoms with Gasteiger partial charge in [0.1, 0.15) is 0 Å². The van der Waals surface area contributed by atoms with Crippen LogP contribution in [-0.2, 0) is 20.8 Å². The van der Waals surface area contributed by atoms with Crippen LogP contribution >= 0.6 is 0 Å². The van der Waals surface area contributed by atoms with Crippen molar-refractivity contribution in [3.05, 3.63) is 35.4 Å². The molecule has 2 rings (SSSR count). The molecule has 21 heavy (non-hydrogen) atoms. The van der Waals surface area contributed by atoms with E-state index >= 15 is 0 Å². The maximum absolute atomic E-state index is 11.9. The van der Waals surface area contributed by atoms with E-state index in [0.29, 0.717) is 5.56 Å². The summed E-state index contributed by atoms with van der Waals surface area (Å²) in [5, 5.41) is 0. The van der Waals surface area contributed by atoms with Gasteiger partial charge in [0.25, 0.3) is 0 Å². The third-order valence-corrected chi connectivity index (χ3v) is 3.57. The average molecular weight is 291 g/mol. The van der Waals surface area contributed by atoms with Crippen LogP contribution in [0.4, 0.5) is 0 Å². The molecule has 1 heterocycles. The summed E-state index contributed by atoms with van der Waals surface area (Å²) in [5.41, 5.74) is 1.83. The van der Waals surface area contributed by atoms with Crippen LogP contribution in [0.5, 0.6) is 0 Å². The Morgan fingerprint density at radius 2 is 1.81 bits per heavy atom. The molecule has 5 nitrogen and oxygen atoms in total. The van der Waals surface area contributed by atoms with Gasteiger partial charge in [-0.2, -0.15) is 0 Å². The molecular formula is C16H21NO4. The van der Waals surface area contributed by atoms with Gasteiger partial charge in [-0.3, -0.25) is 14.5 Å². The van der Waals surface area contributed by atoms with E-state index in [1.807, 2.05) is 24.3 Å². The molecule has 5 heteroatoms. The Bertz CT molecular complexity index is 478. The molecule has 1 fully saturated rings. The quantitative estimate of drug-likeness (QED) is 0.589. The van der Waals surface area contributed by atoms with Crippen molar-refractivity contribution in [3.8, 4) is 0 Å². The number of nitrogens with zero attached hydrogens (tertiary/aromatic N) is 1. The zero-order valence-electron chi connectivity index (χ0n) is 12.3. The summed E-state index contributed by atoms with van der Waals surface area (Å²) in [5.74, 6) is -0.384. The van der Waals surface area contributed by atoms with Crippen LogP contribution in [0.1, 0.15) is 28.8 Å². The number of hydrogen-bond donors (Lipinski definition) is 0. The molecule has 1 aromatic rings. The molecule has 0 aliphatic carbocycles. The van der Waals surface area contributed by atoms with Crippen molar-refractivity contribution in [2.24, 2.45) is 0 Å². The molecule has 0 aromatic heterocycles. The van der Waals surface area contributed by atoms with Crippen LogP contribution in [-0.4, -0.2) is 50.1 Å². The molecule has 0 radical (unpaired) electrons. The van der Waals surface area contributed by atoms with Gasteiger partial charge in [0.2, 0.25) is 0 Å². The topological polar surface area (TPSA) is 55.8 Å². The highest BCUT2D eigenvalue weighted by Gasteiger charge is 2.12. The molecule has 0 N–H and O–H groups in total. The lowest BCUT2D eigenvalue weighted by Gasteiger charge is -2.26. The number of carbonyl (C=O) groups is 2. The Hall–Kier alpha value is -1.72. The highest BCUT2D eigenvalue weighted by molar-refractivity contribution is 5.97.